The zero-order valence-electron chi connectivity index (χ0n) is 9.65. The summed E-state index contributed by atoms with van der Waals surface area (Å²) < 4.78 is 30.9. The van der Waals surface area contributed by atoms with E-state index in [1.54, 1.807) is 14.0 Å². The lowest BCUT2D eigenvalue weighted by Crippen LogP contribution is -2.30. The SMILES string of the molecule is COCC(C)CNS(=O)(=O)c1cnc(C)[nH]1. The highest BCUT2D eigenvalue weighted by Crippen LogP contribution is 2.05. The Morgan fingerprint density at radius 2 is 2.31 bits per heavy atom. The molecule has 1 atom stereocenters. The maximum Gasteiger partial charge on any atom is 0.257 e. The Morgan fingerprint density at radius 1 is 1.62 bits per heavy atom. The molecule has 1 aromatic rings. The summed E-state index contributed by atoms with van der Waals surface area (Å²) in [6.45, 7) is 4.47. The molecule has 0 bridgehead atoms. The molecule has 0 aromatic carbocycles. The minimum Gasteiger partial charge on any atom is -0.384 e. The molecule has 16 heavy (non-hydrogen) atoms. The van der Waals surface area contributed by atoms with Gasteiger partial charge in [-0.15, -0.1) is 0 Å². The first-order valence-corrected chi connectivity index (χ1v) is 6.44. The van der Waals surface area contributed by atoms with Crippen molar-refractivity contribution in [3.05, 3.63) is 12.0 Å². The van der Waals surface area contributed by atoms with E-state index in [-0.39, 0.29) is 10.9 Å². The van der Waals surface area contributed by atoms with E-state index in [0.29, 0.717) is 19.0 Å². The highest BCUT2D eigenvalue weighted by atomic mass is 32.2. The highest BCUT2D eigenvalue weighted by Gasteiger charge is 2.17. The second-order valence-electron chi connectivity index (χ2n) is 3.75. The Balaban J connectivity index is 2.59. The van der Waals surface area contributed by atoms with Gasteiger partial charge in [0.1, 0.15) is 5.82 Å². The third-order valence-corrected chi connectivity index (χ3v) is 3.38. The van der Waals surface area contributed by atoms with Crippen LogP contribution in [0.25, 0.3) is 0 Å². The van der Waals surface area contributed by atoms with Crippen LogP contribution in [0.4, 0.5) is 0 Å². The van der Waals surface area contributed by atoms with Crippen LogP contribution in [0.5, 0.6) is 0 Å². The molecule has 0 amide bonds. The molecule has 0 aliphatic heterocycles. The average Bonchev–Trinajstić information content (AvgIpc) is 2.63. The molecule has 0 aliphatic carbocycles. The molecule has 0 saturated carbocycles. The molecule has 0 aliphatic rings. The van der Waals surface area contributed by atoms with E-state index < -0.39 is 10.0 Å². The number of aromatic amines is 1. The first-order valence-electron chi connectivity index (χ1n) is 4.96. The molecule has 0 spiro atoms. The first-order chi connectivity index (χ1) is 7.45. The number of nitrogens with zero attached hydrogens (tertiary/aromatic N) is 1. The summed E-state index contributed by atoms with van der Waals surface area (Å²) in [6, 6.07) is 0. The standard InChI is InChI=1S/C9H17N3O3S/c1-7(6-15-3)4-11-16(13,14)9-5-10-8(2)12-9/h5,7,11H,4,6H2,1-3H3,(H,10,12). The van der Waals surface area contributed by atoms with Gasteiger partial charge < -0.3 is 9.72 Å². The van der Waals surface area contributed by atoms with Gasteiger partial charge in [-0.1, -0.05) is 6.92 Å². The molecule has 1 rings (SSSR count). The molecule has 92 valence electrons. The number of sulfonamides is 1. The summed E-state index contributed by atoms with van der Waals surface area (Å²) in [6.07, 6.45) is 1.30. The number of nitrogens with one attached hydrogen (secondary N) is 2. The van der Waals surface area contributed by atoms with Crippen LogP contribution in [-0.2, 0) is 14.8 Å². The number of methoxy groups -OCH3 is 1. The lowest BCUT2D eigenvalue weighted by Gasteiger charge is -2.10. The van der Waals surface area contributed by atoms with Crippen molar-refractivity contribution in [3.63, 3.8) is 0 Å². The van der Waals surface area contributed by atoms with Crippen molar-refractivity contribution in [2.75, 3.05) is 20.3 Å². The maximum absolute atomic E-state index is 11.7. The number of rotatable bonds is 6. The molecular formula is C9H17N3O3S. The van der Waals surface area contributed by atoms with Crippen LogP contribution >= 0.6 is 0 Å². The highest BCUT2D eigenvalue weighted by molar-refractivity contribution is 7.89. The lowest BCUT2D eigenvalue weighted by molar-refractivity contribution is 0.161. The molecule has 0 fully saturated rings. The number of H-pyrrole nitrogens is 1. The van der Waals surface area contributed by atoms with Crippen molar-refractivity contribution in [1.82, 2.24) is 14.7 Å². The monoisotopic (exact) mass is 247 g/mol. The minimum absolute atomic E-state index is 0.0922. The van der Waals surface area contributed by atoms with Crippen molar-refractivity contribution >= 4 is 10.0 Å². The predicted molar refractivity (Wildman–Crippen MR) is 59.6 cm³/mol. The van der Waals surface area contributed by atoms with Crippen LogP contribution in [0.3, 0.4) is 0 Å². The Kier molecular flexibility index (Phi) is 4.45. The third-order valence-electron chi connectivity index (χ3n) is 2.04. The van der Waals surface area contributed by atoms with Gasteiger partial charge in [0.2, 0.25) is 0 Å². The molecule has 1 aromatic heterocycles. The van der Waals surface area contributed by atoms with E-state index >= 15 is 0 Å². The fourth-order valence-electron chi connectivity index (χ4n) is 1.21. The van der Waals surface area contributed by atoms with Gasteiger partial charge in [0.05, 0.1) is 6.20 Å². The number of hydrogen-bond donors (Lipinski definition) is 2. The number of ether oxygens (including phenoxy) is 1. The Hall–Kier alpha value is -0.920. The summed E-state index contributed by atoms with van der Waals surface area (Å²) >= 11 is 0. The Labute approximate surface area is 95.5 Å². The van der Waals surface area contributed by atoms with Gasteiger partial charge in [-0.25, -0.2) is 18.1 Å². The Bertz CT molecular complexity index is 427. The topological polar surface area (TPSA) is 84.1 Å². The van der Waals surface area contributed by atoms with Gasteiger partial charge in [-0.2, -0.15) is 0 Å². The summed E-state index contributed by atoms with van der Waals surface area (Å²) in [5.74, 6) is 0.703. The summed E-state index contributed by atoms with van der Waals surface area (Å²) in [7, 11) is -1.89. The molecule has 0 saturated heterocycles. The number of aryl methyl sites for hydroxylation is 1. The van der Waals surface area contributed by atoms with Gasteiger partial charge in [0.25, 0.3) is 10.0 Å². The molecule has 0 radical (unpaired) electrons. The van der Waals surface area contributed by atoms with Crippen molar-refractivity contribution in [2.24, 2.45) is 5.92 Å². The lowest BCUT2D eigenvalue weighted by atomic mass is 10.2. The van der Waals surface area contributed by atoms with Gasteiger partial charge in [-0.3, -0.25) is 0 Å². The number of imidazole rings is 1. The van der Waals surface area contributed by atoms with Crippen molar-refractivity contribution in [2.45, 2.75) is 18.9 Å². The zero-order valence-corrected chi connectivity index (χ0v) is 10.5. The van der Waals surface area contributed by atoms with Crippen molar-refractivity contribution < 1.29 is 13.2 Å². The molecule has 1 unspecified atom stereocenters. The maximum atomic E-state index is 11.7. The number of hydrogen-bond acceptors (Lipinski definition) is 4. The van der Waals surface area contributed by atoms with Crippen molar-refractivity contribution in [3.8, 4) is 0 Å². The normalized spacial score (nSPS) is 13.9. The fraction of sp³-hybridized carbons (Fsp3) is 0.667. The predicted octanol–water partition coefficient (Wildman–Crippen LogP) is 0.279. The van der Waals surface area contributed by atoms with E-state index in [1.807, 2.05) is 6.92 Å². The van der Waals surface area contributed by atoms with Crippen LogP contribution in [0.15, 0.2) is 11.2 Å². The molecule has 6 nitrogen and oxygen atoms in total. The summed E-state index contributed by atoms with van der Waals surface area (Å²) in [5.41, 5.74) is 0. The van der Waals surface area contributed by atoms with E-state index in [4.69, 9.17) is 4.74 Å². The molecular weight excluding hydrogens is 230 g/mol. The van der Waals surface area contributed by atoms with Crippen LogP contribution in [0.2, 0.25) is 0 Å². The van der Waals surface area contributed by atoms with Gasteiger partial charge in [0.15, 0.2) is 5.03 Å². The second-order valence-corrected chi connectivity index (χ2v) is 5.48. The summed E-state index contributed by atoms with van der Waals surface area (Å²) in [4.78, 5) is 6.53. The largest absolute Gasteiger partial charge is 0.384 e. The third kappa shape index (κ3) is 3.58. The fourth-order valence-corrected chi connectivity index (χ4v) is 2.34. The quantitative estimate of drug-likeness (QED) is 0.756. The van der Waals surface area contributed by atoms with Crippen molar-refractivity contribution in [1.29, 1.82) is 0 Å². The summed E-state index contributed by atoms with van der Waals surface area (Å²) in [5, 5.41) is 0.0922. The van der Waals surface area contributed by atoms with Gasteiger partial charge in [0, 0.05) is 20.3 Å². The van der Waals surface area contributed by atoms with E-state index in [2.05, 4.69) is 14.7 Å². The Morgan fingerprint density at radius 3 is 2.81 bits per heavy atom. The van der Waals surface area contributed by atoms with E-state index in [1.165, 1.54) is 6.20 Å². The smallest absolute Gasteiger partial charge is 0.257 e. The first kappa shape index (κ1) is 13.1. The number of aromatic nitrogens is 2. The van der Waals surface area contributed by atoms with E-state index in [9.17, 15) is 8.42 Å². The average molecular weight is 247 g/mol. The van der Waals surface area contributed by atoms with Gasteiger partial charge in [-0.05, 0) is 12.8 Å². The minimum atomic E-state index is -3.48. The van der Waals surface area contributed by atoms with Crippen LogP contribution in [-0.4, -0.2) is 38.6 Å². The van der Waals surface area contributed by atoms with E-state index in [0.717, 1.165) is 0 Å². The van der Waals surface area contributed by atoms with Gasteiger partial charge >= 0.3 is 0 Å². The van der Waals surface area contributed by atoms with Crippen LogP contribution in [0.1, 0.15) is 12.7 Å². The molecule has 7 heteroatoms. The zero-order chi connectivity index (χ0) is 12.2. The van der Waals surface area contributed by atoms with Crippen LogP contribution in [0, 0.1) is 12.8 Å². The second kappa shape index (κ2) is 5.42. The van der Waals surface area contributed by atoms with Crippen LogP contribution < -0.4 is 4.72 Å². The molecule has 2 N–H and O–H groups in total. The molecule has 1 heterocycles.